The number of nitrogens with zero attached hydrogens (tertiary/aromatic N) is 1. The van der Waals surface area contributed by atoms with E-state index in [1.165, 1.54) is 5.56 Å². The molecule has 140 valence electrons. The van der Waals surface area contributed by atoms with Gasteiger partial charge in [-0.3, -0.25) is 9.79 Å². The second-order valence-electron chi connectivity index (χ2n) is 7.23. The Morgan fingerprint density at radius 3 is 2.48 bits per heavy atom. The Hall–Kier alpha value is -3.72. The SMILES string of the molecule is O=C(c1ccccc1)c1ccc2c(C3=NCCc4ccccc43)c(O)ccc2c1. The monoisotopic (exact) mass is 377 g/mol. The summed E-state index contributed by atoms with van der Waals surface area (Å²) >= 11 is 0. The Kier molecular flexibility index (Phi) is 4.21. The van der Waals surface area contributed by atoms with Gasteiger partial charge < -0.3 is 5.11 Å². The lowest BCUT2D eigenvalue weighted by Crippen LogP contribution is -2.14. The van der Waals surface area contributed by atoms with E-state index in [1.807, 2.05) is 66.7 Å². The molecule has 0 aliphatic carbocycles. The Morgan fingerprint density at radius 1 is 0.828 bits per heavy atom. The number of ketones is 1. The number of aromatic hydroxyl groups is 1. The summed E-state index contributed by atoms with van der Waals surface area (Å²) in [5.41, 5.74) is 5.14. The number of fused-ring (bicyclic) bond motifs is 2. The largest absolute Gasteiger partial charge is 0.507 e. The first-order valence-corrected chi connectivity index (χ1v) is 9.71. The van der Waals surface area contributed by atoms with E-state index >= 15 is 0 Å². The molecule has 1 aliphatic heterocycles. The van der Waals surface area contributed by atoms with Crippen molar-refractivity contribution in [3.63, 3.8) is 0 Å². The summed E-state index contributed by atoms with van der Waals surface area (Å²) in [6.45, 7) is 0.701. The number of phenols is 1. The Labute approximate surface area is 169 Å². The zero-order valence-corrected chi connectivity index (χ0v) is 15.8. The molecule has 0 saturated heterocycles. The van der Waals surface area contributed by atoms with E-state index < -0.39 is 0 Å². The molecule has 1 heterocycles. The van der Waals surface area contributed by atoms with E-state index in [0.717, 1.165) is 34.0 Å². The van der Waals surface area contributed by atoms with Gasteiger partial charge in [0.2, 0.25) is 0 Å². The minimum Gasteiger partial charge on any atom is -0.507 e. The average molecular weight is 377 g/mol. The number of hydrogen-bond acceptors (Lipinski definition) is 3. The Balaban J connectivity index is 1.65. The second kappa shape index (κ2) is 7.02. The third-order valence-corrected chi connectivity index (χ3v) is 5.46. The summed E-state index contributed by atoms with van der Waals surface area (Å²) in [7, 11) is 0. The quantitative estimate of drug-likeness (QED) is 0.501. The van der Waals surface area contributed by atoms with Gasteiger partial charge in [0, 0.05) is 28.8 Å². The highest BCUT2D eigenvalue weighted by atomic mass is 16.3. The number of carbonyl (C=O) groups is 1. The van der Waals surface area contributed by atoms with Crippen LogP contribution < -0.4 is 0 Å². The number of benzene rings is 4. The van der Waals surface area contributed by atoms with Crippen molar-refractivity contribution in [2.75, 3.05) is 6.54 Å². The van der Waals surface area contributed by atoms with Crippen LogP contribution in [0, 0.1) is 0 Å². The number of hydrogen-bond donors (Lipinski definition) is 1. The van der Waals surface area contributed by atoms with Crippen LogP contribution in [0.15, 0.2) is 89.9 Å². The molecule has 1 aliphatic rings. The molecule has 0 amide bonds. The van der Waals surface area contributed by atoms with Crippen LogP contribution in [-0.2, 0) is 6.42 Å². The third kappa shape index (κ3) is 3.01. The lowest BCUT2D eigenvalue weighted by atomic mass is 9.89. The van der Waals surface area contributed by atoms with Gasteiger partial charge in [-0.25, -0.2) is 0 Å². The van der Waals surface area contributed by atoms with E-state index in [4.69, 9.17) is 4.99 Å². The molecule has 3 nitrogen and oxygen atoms in total. The topological polar surface area (TPSA) is 49.7 Å². The smallest absolute Gasteiger partial charge is 0.193 e. The van der Waals surface area contributed by atoms with Crippen LogP contribution in [0.5, 0.6) is 5.75 Å². The van der Waals surface area contributed by atoms with Crippen LogP contribution in [0.25, 0.3) is 10.8 Å². The Bertz CT molecular complexity index is 1270. The molecule has 0 unspecified atom stereocenters. The predicted octanol–water partition coefficient (Wildman–Crippen LogP) is 5.17. The van der Waals surface area contributed by atoms with Crippen molar-refractivity contribution < 1.29 is 9.90 Å². The molecule has 1 N–H and O–H groups in total. The molecule has 29 heavy (non-hydrogen) atoms. The van der Waals surface area contributed by atoms with Crippen LogP contribution >= 0.6 is 0 Å². The summed E-state index contributed by atoms with van der Waals surface area (Å²) < 4.78 is 0. The summed E-state index contributed by atoms with van der Waals surface area (Å²) in [6, 6.07) is 26.6. The van der Waals surface area contributed by atoms with Crippen LogP contribution in [-0.4, -0.2) is 23.1 Å². The number of carbonyl (C=O) groups excluding carboxylic acids is 1. The minimum absolute atomic E-state index is 0.0116. The van der Waals surface area contributed by atoms with Crippen molar-refractivity contribution in [1.82, 2.24) is 0 Å². The highest BCUT2D eigenvalue weighted by Gasteiger charge is 2.21. The molecule has 3 heteroatoms. The molecule has 4 aromatic carbocycles. The maximum absolute atomic E-state index is 12.8. The molecule has 0 aromatic heterocycles. The fraction of sp³-hybridized carbons (Fsp3) is 0.0769. The van der Waals surface area contributed by atoms with Crippen molar-refractivity contribution in [2.45, 2.75) is 6.42 Å². The van der Waals surface area contributed by atoms with Crippen molar-refractivity contribution >= 4 is 22.3 Å². The van der Waals surface area contributed by atoms with Crippen molar-refractivity contribution in [3.05, 3.63) is 113 Å². The predicted molar refractivity (Wildman–Crippen MR) is 116 cm³/mol. The van der Waals surface area contributed by atoms with Crippen LogP contribution in [0.3, 0.4) is 0 Å². The molecule has 4 aromatic rings. The molecule has 0 fully saturated rings. The van der Waals surface area contributed by atoms with Crippen molar-refractivity contribution in [2.24, 2.45) is 4.99 Å². The highest BCUT2D eigenvalue weighted by Crippen LogP contribution is 2.33. The van der Waals surface area contributed by atoms with Gasteiger partial charge in [-0.15, -0.1) is 0 Å². The fourth-order valence-electron chi connectivity index (χ4n) is 4.02. The van der Waals surface area contributed by atoms with Gasteiger partial charge in [0.05, 0.1) is 5.71 Å². The maximum Gasteiger partial charge on any atom is 0.193 e. The zero-order chi connectivity index (χ0) is 19.8. The average Bonchev–Trinajstić information content (AvgIpc) is 2.78. The van der Waals surface area contributed by atoms with E-state index in [1.54, 1.807) is 6.07 Å². The van der Waals surface area contributed by atoms with Gasteiger partial charge in [-0.05, 0) is 34.9 Å². The van der Waals surface area contributed by atoms with Gasteiger partial charge in [-0.2, -0.15) is 0 Å². The van der Waals surface area contributed by atoms with Crippen molar-refractivity contribution in [3.8, 4) is 5.75 Å². The molecule has 0 atom stereocenters. The normalized spacial score (nSPS) is 13.0. The molecular formula is C26H19NO2. The van der Waals surface area contributed by atoms with Crippen molar-refractivity contribution in [1.29, 1.82) is 0 Å². The molecule has 0 radical (unpaired) electrons. The highest BCUT2D eigenvalue weighted by molar-refractivity contribution is 6.22. The van der Waals surface area contributed by atoms with E-state index in [-0.39, 0.29) is 11.5 Å². The van der Waals surface area contributed by atoms with E-state index in [9.17, 15) is 9.90 Å². The Morgan fingerprint density at radius 2 is 1.62 bits per heavy atom. The van der Waals surface area contributed by atoms with Crippen LogP contribution in [0.2, 0.25) is 0 Å². The lowest BCUT2D eigenvalue weighted by Gasteiger charge is -2.19. The van der Waals surface area contributed by atoms with Crippen LogP contribution in [0.4, 0.5) is 0 Å². The number of phenolic OH excluding ortho intramolecular Hbond substituents is 1. The second-order valence-corrected chi connectivity index (χ2v) is 7.23. The van der Waals surface area contributed by atoms with E-state index in [0.29, 0.717) is 17.7 Å². The van der Waals surface area contributed by atoms with Gasteiger partial charge in [0.1, 0.15) is 5.75 Å². The first-order valence-electron chi connectivity index (χ1n) is 9.71. The fourth-order valence-corrected chi connectivity index (χ4v) is 4.02. The summed E-state index contributed by atoms with van der Waals surface area (Å²) in [5.74, 6) is 0.192. The molecule has 0 spiro atoms. The molecule has 0 saturated carbocycles. The van der Waals surface area contributed by atoms with E-state index in [2.05, 4.69) is 12.1 Å². The maximum atomic E-state index is 12.8. The third-order valence-electron chi connectivity index (χ3n) is 5.46. The van der Waals surface area contributed by atoms with Gasteiger partial charge in [-0.1, -0.05) is 72.8 Å². The minimum atomic E-state index is -0.0116. The molecule has 5 rings (SSSR count). The number of aliphatic imine (C=N–C) groups is 1. The standard InChI is InChI=1S/C26H19NO2/c28-23-13-11-19-16-20(26(29)18-7-2-1-3-8-18)10-12-21(19)24(23)25-22-9-5-4-6-17(22)14-15-27-25/h1-13,16,28H,14-15H2. The van der Waals surface area contributed by atoms with Gasteiger partial charge >= 0.3 is 0 Å². The summed E-state index contributed by atoms with van der Waals surface area (Å²) in [4.78, 5) is 17.6. The molecule has 0 bridgehead atoms. The lowest BCUT2D eigenvalue weighted by molar-refractivity contribution is 0.103. The number of rotatable bonds is 3. The van der Waals surface area contributed by atoms with Crippen LogP contribution in [0.1, 0.15) is 32.6 Å². The first-order chi connectivity index (χ1) is 14.2. The summed E-state index contributed by atoms with van der Waals surface area (Å²) in [6.07, 6.45) is 0.904. The first kappa shape index (κ1) is 17.4. The van der Waals surface area contributed by atoms with Gasteiger partial charge in [0.25, 0.3) is 0 Å². The summed E-state index contributed by atoms with van der Waals surface area (Å²) in [5, 5.41) is 12.5. The zero-order valence-electron chi connectivity index (χ0n) is 15.8. The molecular weight excluding hydrogens is 358 g/mol. The van der Waals surface area contributed by atoms with Gasteiger partial charge in [0.15, 0.2) is 5.78 Å².